The smallest absolute Gasteiger partial charge is 0.341 e. The minimum absolute atomic E-state index is 0.0143. The molecular weight excluding hydrogens is 572 g/mol. The Hall–Kier alpha value is -4.15. The molecule has 0 aliphatic heterocycles. The molecule has 4 aromatic carbocycles. The van der Waals surface area contributed by atoms with E-state index in [4.69, 9.17) is 9.47 Å². The molecule has 0 saturated carbocycles. The third kappa shape index (κ3) is 6.58. The molecule has 0 aliphatic carbocycles. The molecule has 1 atom stereocenters. The van der Waals surface area contributed by atoms with Crippen molar-refractivity contribution in [2.24, 2.45) is 0 Å². The molecule has 194 valence electrons. The number of hydrogen-bond donors (Lipinski definition) is 2. The number of benzene rings is 4. The quantitative estimate of drug-likeness (QED) is 0.237. The summed E-state index contributed by atoms with van der Waals surface area (Å²) in [7, 11) is -2.49. The van der Waals surface area contributed by atoms with E-state index in [1.807, 2.05) is 0 Å². The van der Waals surface area contributed by atoms with Crippen LogP contribution >= 0.6 is 15.9 Å². The van der Waals surface area contributed by atoms with E-state index in [1.165, 1.54) is 31.4 Å². The van der Waals surface area contributed by atoms with Gasteiger partial charge in [0.15, 0.2) is 0 Å². The Labute approximate surface area is 228 Å². The van der Waals surface area contributed by atoms with Crippen molar-refractivity contribution in [1.29, 1.82) is 0 Å². The Morgan fingerprint density at radius 1 is 0.842 bits per heavy atom. The predicted octanol–water partition coefficient (Wildman–Crippen LogP) is 5.80. The molecule has 0 radical (unpaired) electrons. The van der Waals surface area contributed by atoms with E-state index < -0.39 is 28.0 Å². The molecule has 0 heterocycles. The molecule has 10 heteroatoms. The molecule has 1 amide bonds. The molecule has 0 fully saturated rings. The van der Waals surface area contributed by atoms with Gasteiger partial charge in [0, 0.05) is 21.8 Å². The van der Waals surface area contributed by atoms with Gasteiger partial charge in [0.25, 0.3) is 15.9 Å². The lowest BCUT2D eigenvalue weighted by molar-refractivity contribution is -0.125. The van der Waals surface area contributed by atoms with Crippen LogP contribution in [0.25, 0.3) is 0 Å². The number of halogens is 1. The third-order valence-electron chi connectivity index (χ3n) is 5.42. The van der Waals surface area contributed by atoms with Crippen LogP contribution in [-0.4, -0.2) is 27.4 Å². The second-order valence-electron chi connectivity index (χ2n) is 8.02. The van der Waals surface area contributed by atoms with Gasteiger partial charge in [-0.2, -0.15) is 0 Å². The maximum absolute atomic E-state index is 13.3. The van der Waals surface area contributed by atoms with E-state index in [-0.39, 0.29) is 16.1 Å². The van der Waals surface area contributed by atoms with Crippen molar-refractivity contribution in [1.82, 2.24) is 0 Å². The average molecular weight is 595 g/mol. The fourth-order valence-electron chi connectivity index (χ4n) is 3.55. The van der Waals surface area contributed by atoms with Gasteiger partial charge in [-0.1, -0.05) is 64.5 Å². The van der Waals surface area contributed by atoms with Gasteiger partial charge in [-0.05, 0) is 48.5 Å². The number of hydrogen-bond acceptors (Lipinski definition) is 6. The van der Waals surface area contributed by atoms with E-state index >= 15 is 0 Å². The van der Waals surface area contributed by atoms with Gasteiger partial charge < -0.3 is 14.8 Å². The van der Waals surface area contributed by atoms with Gasteiger partial charge in [0.1, 0.15) is 5.75 Å². The fraction of sp³-hybridized carbons (Fsp3) is 0.0714. The first-order valence-corrected chi connectivity index (χ1v) is 13.6. The zero-order valence-electron chi connectivity index (χ0n) is 20.1. The van der Waals surface area contributed by atoms with E-state index in [9.17, 15) is 18.0 Å². The number of esters is 1. The monoisotopic (exact) mass is 594 g/mol. The highest BCUT2D eigenvalue weighted by atomic mass is 79.9. The van der Waals surface area contributed by atoms with Crippen molar-refractivity contribution in [2.45, 2.75) is 11.0 Å². The van der Waals surface area contributed by atoms with Crippen molar-refractivity contribution in [2.75, 3.05) is 17.1 Å². The standard InChI is InChI=1S/C28H23BrN2O6S/c1-36-22-11-7-10-21(18-22)30-27(32)26(19-8-3-2-4-9-19)37-28(33)24-12-5-6-13-25(24)31-38(34,35)23-16-14-20(29)15-17-23/h2-18,26,31H,1H3,(H,30,32). The topological polar surface area (TPSA) is 111 Å². The van der Waals surface area contributed by atoms with Crippen molar-refractivity contribution in [3.63, 3.8) is 0 Å². The summed E-state index contributed by atoms with van der Waals surface area (Å²) in [5.74, 6) is -0.928. The van der Waals surface area contributed by atoms with Gasteiger partial charge in [-0.3, -0.25) is 9.52 Å². The molecule has 2 N–H and O–H groups in total. The molecule has 0 saturated heterocycles. The van der Waals surface area contributed by atoms with E-state index in [1.54, 1.807) is 78.9 Å². The van der Waals surface area contributed by atoms with E-state index in [2.05, 4.69) is 26.0 Å². The molecule has 0 bridgehead atoms. The zero-order valence-corrected chi connectivity index (χ0v) is 22.5. The Morgan fingerprint density at radius 3 is 2.24 bits per heavy atom. The van der Waals surface area contributed by atoms with Gasteiger partial charge in [0.2, 0.25) is 6.10 Å². The molecule has 8 nitrogen and oxygen atoms in total. The second kappa shape index (κ2) is 11.9. The third-order valence-corrected chi connectivity index (χ3v) is 7.33. The van der Waals surface area contributed by atoms with E-state index in [0.29, 0.717) is 17.0 Å². The number of anilines is 2. The number of nitrogens with one attached hydrogen (secondary N) is 2. The lowest BCUT2D eigenvalue weighted by Crippen LogP contribution is -2.26. The molecule has 38 heavy (non-hydrogen) atoms. The zero-order chi connectivity index (χ0) is 27.1. The Bertz CT molecular complexity index is 1540. The first-order valence-electron chi connectivity index (χ1n) is 11.3. The van der Waals surface area contributed by atoms with Crippen molar-refractivity contribution in [3.8, 4) is 5.75 Å². The summed E-state index contributed by atoms with van der Waals surface area (Å²) >= 11 is 3.28. The highest BCUT2D eigenvalue weighted by Gasteiger charge is 2.28. The molecular formula is C28H23BrN2O6S. The maximum atomic E-state index is 13.3. The number of sulfonamides is 1. The normalized spacial score (nSPS) is 11.7. The average Bonchev–Trinajstić information content (AvgIpc) is 2.92. The molecule has 0 aliphatic rings. The largest absolute Gasteiger partial charge is 0.497 e. The minimum Gasteiger partial charge on any atom is -0.497 e. The lowest BCUT2D eigenvalue weighted by atomic mass is 10.1. The SMILES string of the molecule is COc1cccc(NC(=O)C(OC(=O)c2ccccc2NS(=O)(=O)c2ccc(Br)cc2)c2ccccc2)c1. The van der Waals surface area contributed by atoms with Crippen LogP contribution in [-0.2, 0) is 19.6 Å². The minimum atomic E-state index is -4.00. The lowest BCUT2D eigenvalue weighted by Gasteiger charge is -2.19. The number of rotatable bonds is 9. The van der Waals surface area contributed by atoms with Crippen LogP contribution in [0, 0.1) is 0 Å². The van der Waals surface area contributed by atoms with Crippen LogP contribution in [0.2, 0.25) is 0 Å². The number of para-hydroxylation sites is 1. The molecule has 4 rings (SSSR count). The van der Waals surface area contributed by atoms with Crippen molar-refractivity contribution in [3.05, 3.63) is 119 Å². The van der Waals surface area contributed by atoms with Gasteiger partial charge in [-0.25, -0.2) is 13.2 Å². The number of ether oxygens (including phenoxy) is 2. The van der Waals surface area contributed by atoms with Crippen LogP contribution in [0.4, 0.5) is 11.4 Å². The number of carbonyl (C=O) groups excluding carboxylic acids is 2. The molecule has 0 spiro atoms. The second-order valence-corrected chi connectivity index (χ2v) is 10.6. The molecule has 1 unspecified atom stereocenters. The van der Waals surface area contributed by atoms with Crippen molar-refractivity contribution < 1.29 is 27.5 Å². The summed E-state index contributed by atoms with van der Waals surface area (Å²) in [6, 6.07) is 27.4. The number of carbonyl (C=O) groups is 2. The van der Waals surface area contributed by atoms with Crippen molar-refractivity contribution >= 4 is 49.2 Å². The first kappa shape index (κ1) is 26.9. The van der Waals surface area contributed by atoms with Gasteiger partial charge in [0.05, 0.1) is 23.3 Å². The van der Waals surface area contributed by atoms with Crippen LogP contribution in [0.5, 0.6) is 5.75 Å². The van der Waals surface area contributed by atoms with Gasteiger partial charge >= 0.3 is 5.97 Å². The fourth-order valence-corrected chi connectivity index (χ4v) is 4.89. The van der Waals surface area contributed by atoms with Gasteiger partial charge in [-0.15, -0.1) is 0 Å². The highest BCUT2D eigenvalue weighted by molar-refractivity contribution is 9.10. The van der Waals surface area contributed by atoms with Crippen LogP contribution in [0.3, 0.4) is 0 Å². The summed E-state index contributed by atoms with van der Waals surface area (Å²) in [5.41, 5.74) is 0.854. The summed E-state index contributed by atoms with van der Waals surface area (Å²) in [6.45, 7) is 0. The predicted molar refractivity (Wildman–Crippen MR) is 148 cm³/mol. The Kier molecular flexibility index (Phi) is 8.45. The molecule has 0 aromatic heterocycles. The number of amides is 1. The summed E-state index contributed by atoms with van der Waals surface area (Å²) in [6.07, 6.45) is -1.31. The molecule has 4 aromatic rings. The van der Waals surface area contributed by atoms with Crippen LogP contribution in [0.15, 0.2) is 112 Å². The number of methoxy groups -OCH3 is 1. The van der Waals surface area contributed by atoms with E-state index in [0.717, 1.165) is 4.47 Å². The van der Waals surface area contributed by atoms with Crippen LogP contribution in [0.1, 0.15) is 22.0 Å². The highest BCUT2D eigenvalue weighted by Crippen LogP contribution is 2.27. The Morgan fingerprint density at radius 2 is 1.53 bits per heavy atom. The van der Waals surface area contributed by atoms with Crippen LogP contribution < -0.4 is 14.8 Å². The Balaban J connectivity index is 1.60. The summed E-state index contributed by atoms with van der Waals surface area (Å²) < 4.78 is 39.9. The summed E-state index contributed by atoms with van der Waals surface area (Å²) in [4.78, 5) is 26.6. The summed E-state index contributed by atoms with van der Waals surface area (Å²) in [5, 5.41) is 2.74. The maximum Gasteiger partial charge on any atom is 0.341 e. The first-order chi connectivity index (χ1) is 18.3.